The van der Waals surface area contributed by atoms with Gasteiger partial charge in [0.25, 0.3) is 0 Å². The maximum Gasteiger partial charge on any atom is 0.246 e. The van der Waals surface area contributed by atoms with Crippen molar-refractivity contribution in [2.24, 2.45) is 0 Å². The Bertz CT molecular complexity index is 1870. The van der Waals surface area contributed by atoms with Gasteiger partial charge < -0.3 is 19.1 Å². The Kier molecular flexibility index (Phi) is 13.3. The third-order valence-electron chi connectivity index (χ3n) is 8.86. The first-order valence-electron chi connectivity index (χ1n) is 17.3. The topological polar surface area (TPSA) is 64.1 Å². The van der Waals surface area contributed by atoms with Gasteiger partial charge in [0.15, 0.2) is 0 Å². The number of hydrogen-bond acceptors (Lipinski definition) is 6. The van der Waals surface area contributed by atoms with Gasteiger partial charge in [0, 0.05) is 51.3 Å². The molecule has 1 fully saturated rings. The van der Waals surface area contributed by atoms with Crippen LogP contribution in [0, 0.1) is 20.8 Å². The van der Waals surface area contributed by atoms with Gasteiger partial charge in [0.05, 0.1) is 12.8 Å². The van der Waals surface area contributed by atoms with Crippen LogP contribution in [0.15, 0.2) is 115 Å². The lowest BCUT2D eigenvalue weighted by Gasteiger charge is -2.34. The van der Waals surface area contributed by atoms with Crippen LogP contribution in [0.4, 0.5) is 0 Å². The van der Waals surface area contributed by atoms with Crippen LogP contribution in [0.3, 0.4) is 0 Å². The van der Waals surface area contributed by atoms with Gasteiger partial charge in [0.2, 0.25) is 11.8 Å². The largest absolute Gasteiger partial charge is 0.493 e. The van der Waals surface area contributed by atoms with Crippen LogP contribution in [0.25, 0.3) is 6.08 Å². The molecule has 0 N–H and O–H groups in total. The second-order valence-corrected chi connectivity index (χ2v) is 12.9. The molecule has 1 aromatic heterocycles. The number of piperazine rings is 1. The fraction of sp³-hybridized carbons (Fsp3) is 0.256. The number of amides is 1. The van der Waals surface area contributed by atoms with Crippen LogP contribution in [0.5, 0.6) is 23.1 Å². The molecule has 5 aromatic rings. The van der Waals surface area contributed by atoms with E-state index in [1.807, 2.05) is 54.3 Å². The van der Waals surface area contributed by atoms with E-state index in [1.165, 1.54) is 22.3 Å². The molecule has 0 bridgehead atoms. The predicted molar refractivity (Wildman–Crippen MR) is 206 cm³/mol. The molecule has 7 nitrogen and oxygen atoms in total. The average molecular weight is 704 g/mol. The van der Waals surface area contributed by atoms with Crippen LogP contribution in [-0.4, -0.2) is 53.5 Å². The number of benzene rings is 4. The van der Waals surface area contributed by atoms with Gasteiger partial charge in [-0.1, -0.05) is 77.9 Å². The number of carbonyl (C=O) groups excluding carboxylic acids is 1. The number of rotatable bonds is 13. The van der Waals surface area contributed by atoms with E-state index in [1.54, 1.807) is 18.3 Å². The van der Waals surface area contributed by atoms with E-state index in [4.69, 9.17) is 14.2 Å². The van der Waals surface area contributed by atoms with Gasteiger partial charge in [-0.25, -0.2) is 4.98 Å². The molecule has 6 rings (SSSR count). The van der Waals surface area contributed by atoms with E-state index in [9.17, 15) is 4.79 Å². The lowest BCUT2D eigenvalue weighted by atomic mass is 10.1. The molecule has 0 atom stereocenters. The number of aromatic nitrogens is 1. The lowest BCUT2D eigenvalue weighted by molar-refractivity contribution is -0.127. The van der Waals surface area contributed by atoms with Crippen LogP contribution < -0.4 is 14.2 Å². The molecule has 0 saturated carbocycles. The Balaban J connectivity index is 0.00000504. The molecule has 264 valence electrons. The molecule has 4 aromatic carbocycles. The molecular weight excluding hydrogens is 658 g/mol. The zero-order valence-corrected chi connectivity index (χ0v) is 30.4. The number of pyridine rings is 1. The fourth-order valence-corrected chi connectivity index (χ4v) is 5.76. The zero-order chi connectivity index (χ0) is 34.7. The quantitative estimate of drug-likeness (QED) is 0.114. The summed E-state index contributed by atoms with van der Waals surface area (Å²) in [4.78, 5) is 21.7. The van der Waals surface area contributed by atoms with Crippen molar-refractivity contribution < 1.29 is 19.0 Å². The van der Waals surface area contributed by atoms with Crippen LogP contribution in [-0.2, 0) is 24.4 Å². The summed E-state index contributed by atoms with van der Waals surface area (Å²) >= 11 is 0. The second-order valence-electron chi connectivity index (χ2n) is 12.9. The Hall–Kier alpha value is -5.11. The Morgan fingerprint density at radius 1 is 0.725 bits per heavy atom. The summed E-state index contributed by atoms with van der Waals surface area (Å²) < 4.78 is 17.8. The predicted octanol–water partition coefficient (Wildman–Crippen LogP) is 8.78. The van der Waals surface area contributed by atoms with E-state index in [2.05, 4.69) is 84.4 Å². The van der Waals surface area contributed by atoms with Crippen LogP contribution in [0.2, 0.25) is 0 Å². The van der Waals surface area contributed by atoms with Crippen molar-refractivity contribution >= 4 is 24.4 Å². The normalized spacial score (nSPS) is 13.1. The first kappa shape index (κ1) is 37.2. The number of ether oxygens (including phenoxy) is 3. The minimum atomic E-state index is 0. The van der Waals surface area contributed by atoms with Crippen molar-refractivity contribution in [2.75, 3.05) is 32.8 Å². The molecule has 1 amide bonds. The maximum absolute atomic E-state index is 13.0. The zero-order valence-electron chi connectivity index (χ0n) is 29.6. The number of carbonyl (C=O) groups is 1. The van der Waals surface area contributed by atoms with Gasteiger partial charge in [-0.05, 0) is 85.0 Å². The monoisotopic (exact) mass is 703 g/mol. The average Bonchev–Trinajstić information content (AvgIpc) is 3.14. The molecule has 0 spiro atoms. The van der Waals surface area contributed by atoms with Crippen molar-refractivity contribution in [3.05, 3.63) is 154 Å². The molecular formula is C43H46ClN3O4. The van der Waals surface area contributed by atoms with Crippen molar-refractivity contribution in [3.63, 3.8) is 0 Å². The summed E-state index contributed by atoms with van der Waals surface area (Å²) in [6, 6.07) is 34.8. The molecule has 0 radical (unpaired) electrons. The highest BCUT2D eigenvalue weighted by Crippen LogP contribution is 2.26. The highest BCUT2D eigenvalue weighted by Gasteiger charge is 2.19. The highest BCUT2D eigenvalue weighted by atomic mass is 35.5. The SMILES string of the molecule is Cc1ccc(COc2ccc(Oc3ccc(/C=C/C(=O)N4CCN(Cc5ccc(CCOc6ccc(C)cc6)cc5)CC4)cc3C)nc2)cc1.Cl. The summed E-state index contributed by atoms with van der Waals surface area (Å²) in [5, 5.41) is 0. The molecule has 1 aliphatic rings. The summed E-state index contributed by atoms with van der Waals surface area (Å²) in [6.07, 6.45) is 6.09. The lowest BCUT2D eigenvalue weighted by Crippen LogP contribution is -2.47. The minimum Gasteiger partial charge on any atom is -0.493 e. The number of aryl methyl sites for hydroxylation is 3. The number of hydrogen-bond donors (Lipinski definition) is 0. The minimum absolute atomic E-state index is 0. The first-order valence-corrected chi connectivity index (χ1v) is 17.3. The molecule has 8 heteroatoms. The van der Waals surface area contributed by atoms with E-state index in [-0.39, 0.29) is 18.3 Å². The molecule has 0 aliphatic carbocycles. The third-order valence-corrected chi connectivity index (χ3v) is 8.86. The summed E-state index contributed by atoms with van der Waals surface area (Å²) in [7, 11) is 0. The van der Waals surface area contributed by atoms with Crippen LogP contribution in [0.1, 0.15) is 38.9 Å². The van der Waals surface area contributed by atoms with E-state index in [0.29, 0.717) is 43.7 Å². The molecule has 51 heavy (non-hydrogen) atoms. The van der Waals surface area contributed by atoms with Gasteiger partial charge in [0.1, 0.15) is 23.9 Å². The van der Waals surface area contributed by atoms with Crippen LogP contribution >= 0.6 is 12.4 Å². The second kappa shape index (κ2) is 18.2. The van der Waals surface area contributed by atoms with Gasteiger partial charge in [-0.2, -0.15) is 0 Å². The van der Waals surface area contributed by atoms with Crippen molar-refractivity contribution in [1.82, 2.24) is 14.8 Å². The van der Waals surface area contributed by atoms with Gasteiger partial charge in [-0.15, -0.1) is 12.4 Å². The standard InChI is InChI=1S/C43H45N3O4.ClH/c1-32-4-8-38(9-5-32)31-49-40-18-20-42(44-29-40)50-41-19-14-36(28-34(41)3)15-21-43(47)46-25-23-45(24-26-46)30-37-12-10-35(11-13-37)22-27-48-39-16-6-33(2)7-17-39;/h4-21,28-29H,22-27,30-31H2,1-3H3;1H/b21-15+;. The smallest absolute Gasteiger partial charge is 0.246 e. The summed E-state index contributed by atoms with van der Waals surface area (Å²) in [5.41, 5.74) is 8.01. The molecule has 2 heterocycles. The Morgan fingerprint density at radius 3 is 2.04 bits per heavy atom. The fourth-order valence-electron chi connectivity index (χ4n) is 5.76. The summed E-state index contributed by atoms with van der Waals surface area (Å²) in [5.74, 6) is 2.83. The Labute approximate surface area is 307 Å². The number of halogens is 1. The summed E-state index contributed by atoms with van der Waals surface area (Å²) in [6.45, 7) is 11.3. The maximum atomic E-state index is 13.0. The van der Waals surface area contributed by atoms with Crippen molar-refractivity contribution in [3.8, 4) is 23.1 Å². The third kappa shape index (κ3) is 11.2. The number of nitrogens with zero attached hydrogens (tertiary/aromatic N) is 3. The van der Waals surface area contributed by atoms with E-state index >= 15 is 0 Å². The highest BCUT2D eigenvalue weighted by molar-refractivity contribution is 5.92. The first-order chi connectivity index (χ1) is 24.4. The van der Waals surface area contributed by atoms with Gasteiger partial charge in [-0.3, -0.25) is 9.69 Å². The van der Waals surface area contributed by atoms with Gasteiger partial charge >= 0.3 is 0 Å². The van der Waals surface area contributed by atoms with Crippen molar-refractivity contribution in [1.29, 1.82) is 0 Å². The molecule has 1 saturated heterocycles. The molecule has 1 aliphatic heterocycles. The van der Waals surface area contributed by atoms with E-state index < -0.39 is 0 Å². The van der Waals surface area contributed by atoms with Crippen molar-refractivity contribution in [2.45, 2.75) is 40.3 Å². The molecule has 0 unspecified atom stereocenters. The Morgan fingerprint density at radius 2 is 1.37 bits per heavy atom. The van der Waals surface area contributed by atoms with E-state index in [0.717, 1.165) is 48.5 Å².